The average Bonchev–Trinajstić information content (AvgIpc) is 2.82. The minimum absolute atomic E-state index is 0.171. The Hall–Kier alpha value is -0.380. The van der Waals surface area contributed by atoms with Crippen LogP contribution in [0.3, 0.4) is 0 Å². The molecule has 3 nitrogen and oxygen atoms in total. The van der Waals surface area contributed by atoms with Gasteiger partial charge in [0.05, 0.1) is 6.61 Å². The fourth-order valence-electron chi connectivity index (χ4n) is 3.54. The molecule has 19 heavy (non-hydrogen) atoms. The number of nitrogens with one attached hydrogen (secondary N) is 1. The van der Waals surface area contributed by atoms with Crippen LogP contribution in [-0.2, 0) is 4.74 Å². The van der Waals surface area contributed by atoms with Gasteiger partial charge in [-0.1, -0.05) is 18.6 Å². The fourth-order valence-corrected chi connectivity index (χ4v) is 3.54. The van der Waals surface area contributed by atoms with Crippen LogP contribution in [-0.4, -0.2) is 38.0 Å². The maximum atomic E-state index is 9.23. The minimum Gasteiger partial charge on any atom is -0.396 e. The molecule has 1 aliphatic heterocycles. The molecule has 0 spiro atoms. The minimum atomic E-state index is 0.171. The van der Waals surface area contributed by atoms with Gasteiger partial charge in [0, 0.05) is 31.7 Å². The predicted molar refractivity (Wildman–Crippen MR) is 78.1 cm³/mol. The van der Waals surface area contributed by atoms with Crippen LogP contribution in [0.25, 0.3) is 0 Å². The van der Waals surface area contributed by atoms with E-state index in [0.29, 0.717) is 5.92 Å². The number of allylic oxidation sites excluding steroid dienone is 1. The highest BCUT2D eigenvalue weighted by Gasteiger charge is 2.34. The molecule has 0 aromatic carbocycles. The summed E-state index contributed by atoms with van der Waals surface area (Å²) in [6.45, 7) is 8.59. The fraction of sp³-hybridized carbons (Fsp3) is 0.875. The third-order valence-electron chi connectivity index (χ3n) is 5.05. The van der Waals surface area contributed by atoms with Crippen molar-refractivity contribution in [2.75, 3.05) is 32.9 Å². The van der Waals surface area contributed by atoms with Gasteiger partial charge in [-0.15, -0.1) is 0 Å². The normalized spacial score (nSPS) is 35.4. The molecule has 2 rings (SSSR count). The number of hydrogen-bond acceptors (Lipinski definition) is 3. The van der Waals surface area contributed by atoms with E-state index >= 15 is 0 Å². The first-order valence-electron chi connectivity index (χ1n) is 7.73. The van der Waals surface area contributed by atoms with E-state index in [-0.39, 0.29) is 12.0 Å². The van der Waals surface area contributed by atoms with Crippen LogP contribution < -0.4 is 5.32 Å². The lowest BCUT2D eigenvalue weighted by atomic mass is 9.79. The van der Waals surface area contributed by atoms with E-state index < -0.39 is 0 Å². The molecule has 3 heteroatoms. The van der Waals surface area contributed by atoms with Crippen molar-refractivity contribution in [3.05, 3.63) is 11.6 Å². The largest absolute Gasteiger partial charge is 0.396 e. The molecule has 0 radical (unpaired) electrons. The molecule has 3 unspecified atom stereocenters. The van der Waals surface area contributed by atoms with E-state index in [1.165, 1.54) is 12.8 Å². The Labute approximate surface area is 117 Å². The summed E-state index contributed by atoms with van der Waals surface area (Å²) in [5, 5.41) is 12.9. The van der Waals surface area contributed by atoms with Crippen LogP contribution in [0.2, 0.25) is 0 Å². The van der Waals surface area contributed by atoms with Crippen molar-refractivity contribution in [2.45, 2.75) is 39.5 Å². The van der Waals surface area contributed by atoms with Gasteiger partial charge in [-0.2, -0.15) is 0 Å². The molecule has 0 amide bonds. The zero-order valence-corrected chi connectivity index (χ0v) is 12.5. The summed E-state index contributed by atoms with van der Waals surface area (Å²) in [6, 6.07) is 0. The Balaban J connectivity index is 1.81. The van der Waals surface area contributed by atoms with Crippen LogP contribution >= 0.6 is 0 Å². The maximum absolute atomic E-state index is 9.23. The first-order valence-corrected chi connectivity index (χ1v) is 7.73. The average molecular weight is 267 g/mol. The topological polar surface area (TPSA) is 41.5 Å². The van der Waals surface area contributed by atoms with E-state index in [4.69, 9.17) is 4.74 Å². The highest BCUT2D eigenvalue weighted by atomic mass is 16.5. The van der Waals surface area contributed by atoms with Gasteiger partial charge in [0.25, 0.3) is 0 Å². The second-order valence-electron chi connectivity index (χ2n) is 6.52. The van der Waals surface area contributed by atoms with Gasteiger partial charge in [0.2, 0.25) is 0 Å². The molecule has 3 atom stereocenters. The first-order chi connectivity index (χ1) is 9.17. The Kier molecular flexibility index (Phi) is 5.43. The van der Waals surface area contributed by atoms with E-state index in [2.05, 4.69) is 25.2 Å². The van der Waals surface area contributed by atoms with Crippen molar-refractivity contribution in [2.24, 2.45) is 17.3 Å². The van der Waals surface area contributed by atoms with E-state index in [0.717, 1.165) is 45.1 Å². The third-order valence-corrected chi connectivity index (χ3v) is 5.05. The zero-order chi connectivity index (χ0) is 13.7. The molecule has 2 N–H and O–H groups in total. The molecule has 0 saturated carbocycles. The van der Waals surface area contributed by atoms with Crippen molar-refractivity contribution in [1.29, 1.82) is 0 Å². The summed E-state index contributed by atoms with van der Waals surface area (Å²) < 4.78 is 5.54. The highest BCUT2D eigenvalue weighted by molar-refractivity contribution is 5.09. The summed E-state index contributed by atoms with van der Waals surface area (Å²) in [5.74, 6) is 1.47. The summed E-state index contributed by atoms with van der Waals surface area (Å²) >= 11 is 0. The number of hydrogen-bond donors (Lipinski definition) is 2. The molecule has 1 aliphatic carbocycles. The second kappa shape index (κ2) is 6.87. The van der Waals surface area contributed by atoms with Crippen LogP contribution in [0.1, 0.15) is 39.5 Å². The Morgan fingerprint density at radius 3 is 3.00 bits per heavy atom. The molecule has 2 aliphatic rings. The van der Waals surface area contributed by atoms with Crippen LogP contribution in [0.15, 0.2) is 11.6 Å². The Morgan fingerprint density at radius 1 is 1.53 bits per heavy atom. The lowest BCUT2D eigenvalue weighted by Crippen LogP contribution is -2.39. The quantitative estimate of drug-likeness (QED) is 0.726. The molecule has 110 valence electrons. The van der Waals surface area contributed by atoms with Gasteiger partial charge in [-0.05, 0) is 44.4 Å². The summed E-state index contributed by atoms with van der Waals surface area (Å²) in [4.78, 5) is 0. The van der Waals surface area contributed by atoms with E-state index in [9.17, 15) is 5.11 Å². The van der Waals surface area contributed by atoms with Crippen molar-refractivity contribution in [1.82, 2.24) is 5.32 Å². The van der Waals surface area contributed by atoms with Crippen LogP contribution in [0.5, 0.6) is 0 Å². The molecular weight excluding hydrogens is 238 g/mol. The van der Waals surface area contributed by atoms with Gasteiger partial charge in [-0.3, -0.25) is 0 Å². The molecule has 0 aromatic heterocycles. The van der Waals surface area contributed by atoms with Gasteiger partial charge in [-0.25, -0.2) is 0 Å². The van der Waals surface area contributed by atoms with Gasteiger partial charge in [0.1, 0.15) is 0 Å². The molecular formula is C16H29NO2. The van der Waals surface area contributed by atoms with Crippen LogP contribution in [0, 0.1) is 17.3 Å². The van der Waals surface area contributed by atoms with Crippen molar-refractivity contribution < 1.29 is 9.84 Å². The lowest BCUT2D eigenvalue weighted by molar-refractivity contribution is 0.123. The van der Waals surface area contributed by atoms with Gasteiger partial charge in [0.15, 0.2) is 0 Å². The molecule has 0 aromatic rings. The van der Waals surface area contributed by atoms with Crippen molar-refractivity contribution >= 4 is 0 Å². The standard InChI is InChI=1S/C16H29NO2/c1-13-4-3-5-14(2)15(13)10-17-11-16(6-8-18)7-9-19-12-16/h4,14-15,17-18H,3,5-12H2,1-2H3. The second-order valence-corrected chi connectivity index (χ2v) is 6.52. The summed E-state index contributed by atoms with van der Waals surface area (Å²) in [5.41, 5.74) is 1.72. The first kappa shape index (κ1) is 15.0. The Bertz CT molecular complexity index is 308. The van der Waals surface area contributed by atoms with Gasteiger partial charge < -0.3 is 15.2 Å². The Morgan fingerprint density at radius 2 is 2.37 bits per heavy atom. The lowest BCUT2D eigenvalue weighted by Gasteiger charge is -2.32. The van der Waals surface area contributed by atoms with Crippen LogP contribution in [0.4, 0.5) is 0 Å². The summed E-state index contributed by atoms with van der Waals surface area (Å²) in [6.07, 6.45) is 6.89. The number of rotatable bonds is 6. The highest BCUT2D eigenvalue weighted by Crippen LogP contribution is 2.33. The van der Waals surface area contributed by atoms with E-state index in [1.54, 1.807) is 5.57 Å². The zero-order valence-electron chi connectivity index (χ0n) is 12.5. The van der Waals surface area contributed by atoms with Crippen molar-refractivity contribution in [3.8, 4) is 0 Å². The summed E-state index contributed by atoms with van der Waals surface area (Å²) in [7, 11) is 0. The molecule has 1 heterocycles. The number of aliphatic hydroxyl groups excluding tert-OH is 1. The predicted octanol–water partition coefficient (Wildman–Crippen LogP) is 2.36. The maximum Gasteiger partial charge on any atom is 0.0536 e. The smallest absolute Gasteiger partial charge is 0.0536 e. The number of aliphatic hydroxyl groups is 1. The number of ether oxygens (including phenoxy) is 1. The SMILES string of the molecule is CC1=CCCC(C)C1CNCC1(CCO)CCOC1. The molecule has 0 bridgehead atoms. The molecule has 1 fully saturated rings. The molecule has 1 saturated heterocycles. The monoisotopic (exact) mass is 267 g/mol. The van der Waals surface area contributed by atoms with Crippen molar-refractivity contribution in [3.63, 3.8) is 0 Å². The third kappa shape index (κ3) is 3.80. The van der Waals surface area contributed by atoms with E-state index in [1.807, 2.05) is 0 Å². The van der Waals surface area contributed by atoms with Gasteiger partial charge >= 0.3 is 0 Å².